The van der Waals surface area contributed by atoms with Crippen LogP contribution in [-0.2, 0) is 4.79 Å². The molecule has 1 rings (SSSR count). The van der Waals surface area contributed by atoms with Gasteiger partial charge in [0.25, 0.3) is 0 Å². The Bertz CT molecular complexity index is 211. The maximum absolute atomic E-state index is 11.7. The minimum Gasteiger partial charge on any atom is -0.340 e. The molecule has 0 N–H and O–H groups in total. The van der Waals surface area contributed by atoms with Crippen LogP contribution in [0, 0.1) is 0 Å². The molecule has 0 bridgehead atoms. The average molecular weight is 270 g/mol. The van der Waals surface area contributed by atoms with Gasteiger partial charge in [0, 0.05) is 32.6 Å². The molecule has 0 aromatic heterocycles. The molecular weight excluding hydrogens is 236 g/mol. The van der Waals surface area contributed by atoms with E-state index in [1.54, 1.807) is 0 Å². The molecule has 19 heavy (non-hydrogen) atoms. The summed E-state index contributed by atoms with van der Waals surface area (Å²) in [4.78, 5) is 16.3. The quantitative estimate of drug-likeness (QED) is 0.661. The van der Waals surface area contributed by atoms with Crippen LogP contribution in [0.1, 0.15) is 66.2 Å². The van der Waals surface area contributed by atoms with Crippen LogP contribution in [0.4, 0.5) is 0 Å². The lowest BCUT2D eigenvalue weighted by atomic mass is 10.2. The zero-order valence-electron chi connectivity index (χ0n) is 13.6. The number of nitrogens with zero attached hydrogens (tertiary/aromatic N) is 2. The van der Waals surface area contributed by atoms with Crippen molar-refractivity contribution in [2.75, 3.05) is 32.7 Å². The van der Waals surface area contributed by atoms with Gasteiger partial charge in [-0.15, -0.1) is 0 Å². The number of hydrogen-bond donors (Lipinski definition) is 0. The van der Waals surface area contributed by atoms with Gasteiger partial charge < -0.3 is 4.90 Å². The number of carbonyl (C=O) groups is 1. The summed E-state index contributed by atoms with van der Waals surface area (Å²) in [5, 5.41) is 0. The van der Waals surface area contributed by atoms with Gasteiger partial charge in [-0.3, -0.25) is 9.69 Å². The second-order valence-corrected chi connectivity index (χ2v) is 5.03. The molecule has 1 amide bonds. The van der Waals surface area contributed by atoms with Gasteiger partial charge in [0.05, 0.1) is 0 Å². The predicted octanol–water partition coefficient (Wildman–Crippen LogP) is 3.54. The van der Waals surface area contributed by atoms with E-state index in [2.05, 4.69) is 18.7 Å². The number of piperazine rings is 1. The fraction of sp³-hybridized carbons (Fsp3) is 0.938. The van der Waals surface area contributed by atoms with Crippen molar-refractivity contribution in [3.63, 3.8) is 0 Å². The first-order valence-electron chi connectivity index (χ1n) is 8.28. The summed E-state index contributed by atoms with van der Waals surface area (Å²) >= 11 is 0. The monoisotopic (exact) mass is 270 g/mol. The fourth-order valence-electron chi connectivity index (χ4n) is 2.36. The van der Waals surface area contributed by atoms with E-state index in [1.165, 1.54) is 32.2 Å². The largest absolute Gasteiger partial charge is 0.340 e. The van der Waals surface area contributed by atoms with Crippen LogP contribution >= 0.6 is 0 Å². The van der Waals surface area contributed by atoms with Gasteiger partial charge in [-0.25, -0.2) is 0 Å². The number of hydrogen-bond acceptors (Lipinski definition) is 2. The van der Waals surface area contributed by atoms with Crippen LogP contribution in [0.5, 0.6) is 0 Å². The van der Waals surface area contributed by atoms with E-state index in [9.17, 15) is 4.79 Å². The highest BCUT2D eigenvalue weighted by Gasteiger charge is 2.19. The van der Waals surface area contributed by atoms with Crippen LogP contribution in [0.15, 0.2) is 0 Å². The highest BCUT2D eigenvalue weighted by molar-refractivity contribution is 5.76. The Hall–Kier alpha value is -0.570. The molecule has 1 saturated heterocycles. The topological polar surface area (TPSA) is 23.6 Å². The minimum atomic E-state index is 0.345. The van der Waals surface area contributed by atoms with Gasteiger partial charge in [-0.2, -0.15) is 0 Å². The van der Waals surface area contributed by atoms with Gasteiger partial charge in [0.2, 0.25) is 5.91 Å². The van der Waals surface area contributed by atoms with Gasteiger partial charge in [-0.1, -0.05) is 47.0 Å². The van der Waals surface area contributed by atoms with E-state index in [4.69, 9.17) is 0 Å². The normalized spacial score (nSPS) is 15.9. The Balaban J connectivity index is 0.00000154. The number of rotatable bonds is 7. The van der Waals surface area contributed by atoms with Crippen molar-refractivity contribution >= 4 is 5.91 Å². The zero-order chi connectivity index (χ0) is 14.5. The van der Waals surface area contributed by atoms with E-state index in [-0.39, 0.29) is 0 Å². The van der Waals surface area contributed by atoms with E-state index < -0.39 is 0 Å². The zero-order valence-corrected chi connectivity index (χ0v) is 13.6. The molecule has 3 heteroatoms. The van der Waals surface area contributed by atoms with Crippen molar-refractivity contribution in [2.24, 2.45) is 0 Å². The van der Waals surface area contributed by atoms with Crippen molar-refractivity contribution in [1.82, 2.24) is 9.80 Å². The number of unbranched alkanes of at least 4 members (excludes halogenated alkanes) is 3. The summed E-state index contributed by atoms with van der Waals surface area (Å²) in [6.07, 6.45) is 7.02. The minimum absolute atomic E-state index is 0.345. The number of carbonyl (C=O) groups excluding carboxylic acids is 1. The summed E-state index contributed by atoms with van der Waals surface area (Å²) in [6.45, 7) is 13.6. The van der Waals surface area contributed by atoms with Gasteiger partial charge in [0.1, 0.15) is 0 Å². The summed E-state index contributed by atoms with van der Waals surface area (Å²) in [7, 11) is 0. The molecule has 3 nitrogen and oxygen atoms in total. The summed E-state index contributed by atoms with van der Waals surface area (Å²) in [5.74, 6) is 0.345. The molecule has 0 spiro atoms. The molecule has 1 aliphatic rings. The standard InChI is InChI=1S/C14H28N2O.C2H6/c1-3-5-6-7-9-15-10-12-16(13-11-15)14(17)8-4-2;1-2/h3-13H2,1-2H3;1-2H3. The summed E-state index contributed by atoms with van der Waals surface area (Å²) < 4.78 is 0. The molecule has 1 aliphatic heterocycles. The first-order valence-corrected chi connectivity index (χ1v) is 8.28. The van der Waals surface area contributed by atoms with Crippen LogP contribution < -0.4 is 0 Å². The fourth-order valence-corrected chi connectivity index (χ4v) is 2.36. The highest BCUT2D eigenvalue weighted by Crippen LogP contribution is 2.07. The third-order valence-corrected chi connectivity index (χ3v) is 3.52. The Kier molecular flexibility index (Phi) is 12.1. The van der Waals surface area contributed by atoms with Gasteiger partial charge >= 0.3 is 0 Å². The maximum Gasteiger partial charge on any atom is 0.222 e. The van der Waals surface area contributed by atoms with Crippen molar-refractivity contribution in [3.8, 4) is 0 Å². The third-order valence-electron chi connectivity index (χ3n) is 3.52. The van der Waals surface area contributed by atoms with Crippen molar-refractivity contribution in [1.29, 1.82) is 0 Å². The lowest BCUT2D eigenvalue weighted by molar-refractivity contribution is -0.132. The molecule has 1 heterocycles. The highest BCUT2D eigenvalue weighted by atomic mass is 16.2. The van der Waals surface area contributed by atoms with Crippen LogP contribution in [0.2, 0.25) is 0 Å². The number of amides is 1. The Morgan fingerprint density at radius 2 is 1.53 bits per heavy atom. The van der Waals surface area contributed by atoms with E-state index in [0.29, 0.717) is 5.91 Å². The first kappa shape index (κ1) is 18.4. The van der Waals surface area contributed by atoms with Crippen LogP contribution in [-0.4, -0.2) is 48.4 Å². The van der Waals surface area contributed by atoms with Gasteiger partial charge in [0.15, 0.2) is 0 Å². The molecule has 0 aromatic carbocycles. The lowest BCUT2D eigenvalue weighted by Crippen LogP contribution is -2.48. The van der Waals surface area contributed by atoms with Crippen molar-refractivity contribution < 1.29 is 4.79 Å². The maximum atomic E-state index is 11.7. The van der Waals surface area contributed by atoms with Crippen molar-refractivity contribution in [2.45, 2.75) is 66.2 Å². The average Bonchev–Trinajstić information content (AvgIpc) is 2.47. The van der Waals surface area contributed by atoms with Crippen molar-refractivity contribution in [3.05, 3.63) is 0 Å². The molecular formula is C16H34N2O. The molecule has 114 valence electrons. The summed E-state index contributed by atoms with van der Waals surface area (Å²) in [6, 6.07) is 0. The lowest BCUT2D eigenvalue weighted by Gasteiger charge is -2.34. The molecule has 0 radical (unpaired) electrons. The SMILES string of the molecule is CC.CCCCCCN1CCN(C(=O)CCC)CC1. The van der Waals surface area contributed by atoms with Gasteiger partial charge in [-0.05, 0) is 19.4 Å². The van der Waals surface area contributed by atoms with E-state index in [1.807, 2.05) is 18.7 Å². The molecule has 1 fully saturated rings. The van der Waals surface area contributed by atoms with E-state index >= 15 is 0 Å². The molecule has 0 unspecified atom stereocenters. The molecule has 0 saturated carbocycles. The predicted molar refractivity (Wildman–Crippen MR) is 83.4 cm³/mol. The molecule has 0 atom stereocenters. The smallest absolute Gasteiger partial charge is 0.222 e. The second kappa shape index (κ2) is 12.5. The molecule has 0 aliphatic carbocycles. The van der Waals surface area contributed by atoms with Crippen LogP contribution in [0.3, 0.4) is 0 Å². The second-order valence-electron chi connectivity index (χ2n) is 5.03. The third kappa shape index (κ3) is 8.25. The van der Waals surface area contributed by atoms with Crippen LogP contribution in [0.25, 0.3) is 0 Å². The Morgan fingerprint density at radius 1 is 0.895 bits per heavy atom. The Morgan fingerprint density at radius 3 is 2.05 bits per heavy atom. The molecule has 0 aromatic rings. The first-order chi connectivity index (χ1) is 9.27. The summed E-state index contributed by atoms with van der Waals surface area (Å²) in [5.41, 5.74) is 0. The van der Waals surface area contributed by atoms with E-state index in [0.717, 1.165) is 39.0 Å². The Labute approximate surface area is 120 Å².